The van der Waals surface area contributed by atoms with E-state index in [1.54, 1.807) is 11.8 Å². The summed E-state index contributed by atoms with van der Waals surface area (Å²) in [5.74, 6) is 0. The van der Waals surface area contributed by atoms with Gasteiger partial charge in [-0.05, 0) is 30.7 Å². The Balaban J connectivity index is 1.84. The molecule has 2 aromatic heterocycles. The smallest absolute Gasteiger partial charge is 0.365 e. The van der Waals surface area contributed by atoms with Crippen LogP contribution >= 0.6 is 11.3 Å². The van der Waals surface area contributed by atoms with E-state index in [-0.39, 0.29) is 16.8 Å². The fourth-order valence-electron chi connectivity index (χ4n) is 3.86. The number of aliphatic hydroxyl groups is 1. The molecule has 0 bridgehead atoms. The molecule has 7 nitrogen and oxygen atoms in total. The number of nitrogens with one attached hydrogen (secondary N) is 1. The quantitative estimate of drug-likeness (QED) is 0.709. The van der Waals surface area contributed by atoms with Gasteiger partial charge in [0.15, 0.2) is 6.35 Å². The number of nitrogens with zero attached hydrogens (tertiary/aromatic N) is 3. The molecule has 0 amide bonds. The molecule has 30 heavy (non-hydrogen) atoms. The normalized spacial score (nSPS) is 21.6. The molecule has 166 valence electrons. The minimum absolute atomic E-state index is 0.156. The lowest BCUT2D eigenvalue weighted by atomic mass is 10.1. The van der Waals surface area contributed by atoms with Crippen molar-refractivity contribution in [1.82, 2.24) is 19.4 Å². The molecule has 1 aliphatic heterocycles. The van der Waals surface area contributed by atoms with E-state index in [0.717, 1.165) is 38.2 Å². The Kier molecular flexibility index (Phi) is 5.36. The number of halogens is 3. The van der Waals surface area contributed by atoms with Crippen molar-refractivity contribution in [3.63, 3.8) is 0 Å². The number of hydrogen-bond donors (Lipinski definition) is 2. The molecule has 0 aromatic carbocycles. The first kappa shape index (κ1) is 21.5. The van der Waals surface area contributed by atoms with E-state index in [0.29, 0.717) is 30.6 Å². The van der Waals surface area contributed by atoms with Crippen LogP contribution in [-0.4, -0.2) is 44.8 Å². The zero-order chi connectivity index (χ0) is 21.8. The van der Waals surface area contributed by atoms with Crippen molar-refractivity contribution < 1.29 is 18.3 Å². The lowest BCUT2D eigenvalue weighted by molar-refractivity contribution is -0.136. The van der Waals surface area contributed by atoms with Crippen molar-refractivity contribution >= 4 is 21.6 Å². The molecule has 2 aliphatic rings. The van der Waals surface area contributed by atoms with Crippen LogP contribution in [0.25, 0.3) is 10.2 Å². The van der Waals surface area contributed by atoms with E-state index in [9.17, 15) is 27.9 Å². The highest BCUT2D eigenvalue weighted by molar-refractivity contribution is 7.18. The highest BCUT2D eigenvalue weighted by Crippen LogP contribution is 2.46. The second-order valence-corrected chi connectivity index (χ2v) is 9.71. The van der Waals surface area contributed by atoms with E-state index >= 15 is 0 Å². The average molecular weight is 446 g/mol. The van der Waals surface area contributed by atoms with Crippen LogP contribution in [0.1, 0.15) is 36.6 Å². The van der Waals surface area contributed by atoms with Crippen molar-refractivity contribution in [3.05, 3.63) is 31.3 Å². The Bertz CT molecular complexity index is 1080. The number of fused-ring (bicyclic) bond motifs is 1. The van der Waals surface area contributed by atoms with Gasteiger partial charge in [0.1, 0.15) is 4.83 Å². The zero-order valence-electron chi connectivity index (χ0n) is 16.9. The summed E-state index contributed by atoms with van der Waals surface area (Å²) >= 11 is 1.16. The molecule has 0 radical (unpaired) electrons. The highest BCUT2D eigenvalue weighted by atomic mass is 32.1. The predicted octanol–water partition coefficient (Wildman–Crippen LogP) is 1.97. The van der Waals surface area contributed by atoms with Crippen LogP contribution in [0.3, 0.4) is 0 Å². The molecule has 0 spiro atoms. The average Bonchev–Trinajstić information content (AvgIpc) is 3.10. The van der Waals surface area contributed by atoms with E-state index < -0.39 is 36.7 Å². The van der Waals surface area contributed by atoms with E-state index in [2.05, 4.69) is 5.32 Å². The molecule has 1 saturated heterocycles. The van der Waals surface area contributed by atoms with Gasteiger partial charge in [-0.1, -0.05) is 6.92 Å². The first-order valence-electron chi connectivity index (χ1n) is 9.97. The third kappa shape index (κ3) is 4.08. The van der Waals surface area contributed by atoms with Gasteiger partial charge in [-0.15, -0.1) is 11.3 Å². The minimum Gasteiger partial charge on any atom is -0.365 e. The van der Waals surface area contributed by atoms with Crippen LogP contribution in [0.15, 0.2) is 9.59 Å². The monoisotopic (exact) mass is 446 g/mol. The Hall–Kier alpha value is -1.69. The number of hydrogen-bond acceptors (Lipinski definition) is 6. The van der Waals surface area contributed by atoms with E-state index in [4.69, 9.17) is 0 Å². The summed E-state index contributed by atoms with van der Waals surface area (Å²) in [4.78, 5) is 29.1. The molecule has 1 saturated carbocycles. The molecule has 2 N–H and O–H groups in total. The molecule has 2 aromatic rings. The van der Waals surface area contributed by atoms with Crippen molar-refractivity contribution in [2.45, 2.75) is 65.3 Å². The van der Waals surface area contributed by atoms with Crippen LogP contribution in [0, 0.1) is 12.3 Å². The highest BCUT2D eigenvalue weighted by Gasteiger charge is 2.39. The number of aryl methyl sites for hydroxylation is 2. The summed E-state index contributed by atoms with van der Waals surface area (Å²) in [5.41, 5.74) is -0.613. The van der Waals surface area contributed by atoms with Gasteiger partial charge in [0, 0.05) is 37.6 Å². The number of rotatable bonds is 6. The molecule has 2 fully saturated rings. The third-order valence-electron chi connectivity index (χ3n) is 6.07. The van der Waals surface area contributed by atoms with Gasteiger partial charge in [0.05, 0.1) is 11.8 Å². The van der Waals surface area contributed by atoms with Gasteiger partial charge in [-0.2, -0.15) is 13.2 Å². The topological polar surface area (TPSA) is 79.5 Å². The summed E-state index contributed by atoms with van der Waals surface area (Å²) in [6.45, 7) is 4.99. The van der Waals surface area contributed by atoms with Crippen LogP contribution < -0.4 is 16.6 Å². The number of thiophene rings is 1. The molecule has 4 rings (SSSR count). The van der Waals surface area contributed by atoms with Crippen molar-refractivity contribution in [2.24, 2.45) is 5.41 Å². The Morgan fingerprint density at radius 3 is 2.53 bits per heavy atom. The van der Waals surface area contributed by atoms with Gasteiger partial charge in [0.2, 0.25) is 0 Å². The lowest BCUT2D eigenvalue weighted by Gasteiger charge is -2.18. The second kappa shape index (κ2) is 7.47. The largest absolute Gasteiger partial charge is 0.390 e. The summed E-state index contributed by atoms with van der Waals surface area (Å²) in [7, 11) is 0. The standard InChI is InChI=1S/C19H25F3N4O3S/c1-11-12(9-24-8-6-23-16(24)28)30-15-13(11)14(27)26(10-18(2)3-4-18)17(29)25(15)7-5-19(20,21)22/h16,23,28H,3-10H2,1-2H3. The maximum Gasteiger partial charge on any atom is 0.390 e. The van der Waals surface area contributed by atoms with Gasteiger partial charge in [-0.3, -0.25) is 24.1 Å². The third-order valence-corrected chi connectivity index (χ3v) is 7.37. The molecular formula is C19H25F3N4O3S. The fraction of sp³-hybridized carbons (Fsp3) is 0.684. The summed E-state index contributed by atoms with van der Waals surface area (Å²) in [5, 5.41) is 13.2. The van der Waals surface area contributed by atoms with E-state index in [1.807, 2.05) is 6.92 Å². The van der Waals surface area contributed by atoms with Gasteiger partial charge < -0.3 is 5.11 Å². The molecule has 1 atom stereocenters. The first-order chi connectivity index (χ1) is 14.0. The summed E-state index contributed by atoms with van der Waals surface area (Å²) in [6, 6.07) is 0. The minimum atomic E-state index is -4.41. The predicted molar refractivity (Wildman–Crippen MR) is 108 cm³/mol. The Morgan fingerprint density at radius 1 is 1.27 bits per heavy atom. The maximum atomic E-state index is 13.2. The van der Waals surface area contributed by atoms with Crippen LogP contribution in [-0.2, 0) is 19.6 Å². The SMILES string of the molecule is Cc1c(CN2CCNC2O)sc2c1c(=O)n(CC1(C)CC1)c(=O)n2CCC(F)(F)F. The lowest BCUT2D eigenvalue weighted by Crippen LogP contribution is -2.41. The maximum absolute atomic E-state index is 13.2. The second-order valence-electron chi connectivity index (χ2n) is 8.63. The number of alkyl halides is 3. The fourth-order valence-corrected chi connectivity index (χ4v) is 5.20. The van der Waals surface area contributed by atoms with Crippen molar-refractivity contribution in [2.75, 3.05) is 13.1 Å². The van der Waals surface area contributed by atoms with Crippen LogP contribution in [0.2, 0.25) is 0 Å². The van der Waals surface area contributed by atoms with Crippen molar-refractivity contribution in [3.8, 4) is 0 Å². The molecular weight excluding hydrogens is 421 g/mol. The number of aliphatic hydroxyl groups excluding tert-OH is 1. The molecule has 3 heterocycles. The number of aromatic nitrogens is 2. The zero-order valence-corrected chi connectivity index (χ0v) is 17.7. The summed E-state index contributed by atoms with van der Waals surface area (Å²) in [6.07, 6.45) is -4.59. The van der Waals surface area contributed by atoms with Crippen LogP contribution in [0.4, 0.5) is 13.2 Å². The molecule has 1 aliphatic carbocycles. The van der Waals surface area contributed by atoms with Crippen molar-refractivity contribution in [1.29, 1.82) is 0 Å². The van der Waals surface area contributed by atoms with Gasteiger partial charge >= 0.3 is 11.9 Å². The first-order valence-corrected chi connectivity index (χ1v) is 10.8. The molecule has 11 heteroatoms. The van der Waals surface area contributed by atoms with Gasteiger partial charge in [0.25, 0.3) is 5.56 Å². The van der Waals surface area contributed by atoms with Gasteiger partial charge in [-0.25, -0.2) is 4.79 Å². The Morgan fingerprint density at radius 2 is 1.97 bits per heavy atom. The Labute approximate surface area is 174 Å². The van der Waals surface area contributed by atoms with Crippen LogP contribution in [0.5, 0.6) is 0 Å². The molecule has 1 unspecified atom stereocenters. The summed E-state index contributed by atoms with van der Waals surface area (Å²) < 4.78 is 41.0. The van der Waals surface area contributed by atoms with E-state index in [1.165, 1.54) is 0 Å².